The molecule has 0 aliphatic carbocycles. The molecule has 0 spiro atoms. The van der Waals surface area contributed by atoms with E-state index in [1.165, 1.54) is 6.07 Å². The molecule has 1 rings (SSSR count). The summed E-state index contributed by atoms with van der Waals surface area (Å²) in [6.45, 7) is 6.14. The Balaban J connectivity index is 3.00. The van der Waals surface area contributed by atoms with Crippen LogP contribution in [-0.4, -0.2) is 19.1 Å². The minimum absolute atomic E-state index is 0.249. The minimum Gasteiger partial charge on any atom is -0.371 e. The standard InChI is InChI=1S/C12H18ClFN2/c1-8-5-9(13)11(6-10(8)14)16(4)7-12(2,3)15/h5-6H,7,15H2,1-4H3. The number of hydrogen-bond acceptors (Lipinski definition) is 2. The van der Waals surface area contributed by atoms with Gasteiger partial charge in [-0.3, -0.25) is 0 Å². The summed E-state index contributed by atoms with van der Waals surface area (Å²) < 4.78 is 13.4. The highest BCUT2D eigenvalue weighted by Gasteiger charge is 2.17. The zero-order valence-corrected chi connectivity index (χ0v) is 10.9. The maximum absolute atomic E-state index is 13.4. The van der Waals surface area contributed by atoms with Gasteiger partial charge in [0.1, 0.15) is 5.82 Å². The van der Waals surface area contributed by atoms with Gasteiger partial charge < -0.3 is 10.6 Å². The molecule has 0 atom stereocenters. The molecule has 1 aromatic carbocycles. The lowest BCUT2D eigenvalue weighted by Gasteiger charge is -2.29. The number of benzene rings is 1. The zero-order valence-electron chi connectivity index (χ0n) is 10.1. The third kappa shape index (κ3) is 3.35. The summed E-state index contributed by atoms with van der Waals surface area (Å²) >= 11 is 6.08. The molecule has 16 heavy (non-hydrogen) atoms. The van der Waals surface area contributed by atoms with Gasteiger partial charge in [-0.2, -0.15) is 0 Å². The SMILES string of the molecule is Cc1cc(Cl)c(N(C)CC(C)(C)N)cc1F. The molecule has 0 fully saturated rings. The summed E-state index contributed by atoms with van der Waals surface area (Å²) in [6.07, 6.45) is 0. The maximum Gasteiger partial charge on any atom is 0.128 e. The van der Waals surface area contributed by atoms with E-state index >= 15 is 0 Å². The van der Waals surface area contributed by atoms with Crippen LogP contribution in [0, 0.1) is 12.7 Å². The second-order valence-electron chi connectivity index (χ2n) is 4.90. The molecule has 0 saturated carbocycles. The van der Waals surface area contributed by atoms with Crippen LogP contribution in [0.4, 0.5) is 10.1 Å². The Morgan fingerprint density at radius 1 is 1.44 bits per heavy atom. The fraction of sp³-hybridized carbons (Fsp3) is 0.500. The van der Waals surface area contributed by atoms with Crippen LogP contribution in [0.5, 0.6) is 0 Å². The van der Waals surface area contributed by atoms with E-state index < -0.39 is 0 Å². The van der Waals surface area contributed by atoms with Crippen molar-refractivity contribution in [2.24, 2.45) is 5.73 Å². The molecule has 0 aromatic heterocycles. The first-order valence-electron chi connectivity index (χ1n) is 5.16. The molecule has 0 aliphatic heterocycles. The van der Waals surface area contributed by atoms with Crippen LogP contribution in [0.25, 0.3) is 0 Å². The largest absolute Gasteiger partial charge is 0.371 e. The van der Waals surface area contributed by atoms with Crippen molar-refractivity contribution in [3.8, 4) is 0 Å². The first-order chi connectivity index (χ1) is 7.20. The molecule has 0 bridgehead atoms. The van der Waals surface area contributed by atoms with Crippen LogP contribution in [0.2, 0.25) is 5.02 Å². The number of rotatable bonds is 3. The van der Waals surface area contributed by atoms with Gasteiger partial charge in [0.05, 0.1) is 10.7 Å². The van der Waals surface area contributed by atoms with Gasteiger partial charge in [-0.1, -0.05) is 11.6 Å². The number of aryl methyl sites for hydroxylation is 1. The first-order valence-corrected chi connectivity index (χ1v) is 5.54. The molecule has 0 saturated heterocycles. The molecule has 2 nitrogen and oxygen atoms in total. The fourth-order valence-corrected chi connectivity index (χ4v) is 1.99. The molecule has 0 unspecified atom stereocenters. The van der Waals surface area contributed by atoms with Crippen LogP contribution in [0.1, 0.15) is 19.4 Å². The van der Waals surface area contributed by atoms with Gasteiger partial charge in [-0.05, 0) is 38.5 Å². The molecule has 2 N–H and O–H groups in total. The summed E-state index contributed by atoms with van der Waals surface area (Å²) in [5.41, 5.74) is 6.79. The number of nitrogens with two attached hydrogens (primary N) is 1. The summed E-state index contributed by atoms with van der Waals surface area (Å²) in [5, 5.41) is 0.547. The Kier molecular flexibility index (Phi) is 3.81. The van der Waals surface area contributed by atoms with Crippen molar-refractivity contribution in [2.45, 2.75) is 26.3 Å². The Labute approximate surface area is 101 Å². The smallest absolute Gasteiger partial charge is 0.128 e. The van der Waals surface area contributed by atoms with E-state index in [0.717, 1.165) is 0 Å². The van der Waals surface area contributed by atoms with Gasteiger partial charge >= 0.3 is 0 Å². The van der Waals surface area contributed by atoms with Crippen molar-refractivity contribution >= 4 is 17.3 Å². The van der Waals surface area contributed by atoms with Gasteiger partial charge in [0.2, 0.25) is 0 Å². The Morgan fingerprint density at radius 2 is 2.00 bits per heavy atom. The Hall–Kier alpha value is -0.800. The van der Waals surface area contributed by atoms with Gasteiger partial charge in [0.15, 0.2) is 0 Å². The average molecular weight is 245 g/mol. The van der Waals surface area contributed by atoms with E-state index in [2.05, 4.69) is 0 Å². The highest BCUT2D eigenvalue weighted by Crippen LogP contribution is 2.28. The highest BCUT2D eigenvalue weighted by atomic mass is 35.5. The van der Waals surface area contributed by atoms with Gasteiger partial charge in [0, 0.05) is 19.1 Å². The first kappa shape index (κ1) is 13.3. The molecule has 90 valence electrons. The van der Waals surface area contributed by atoms with Crippen LogP contribution in [0.3, 0.4) is 0 Å². The second kappa shape index (κ2) is 4.60. The van der Waals surface area contributed by atoms with Crippen LogP contribution >= 0.6 is 11.6 Å². The van der Waals surface area contributed by atoms with Crippen molar-refractivity contribution in [3.63, 3.8) is 0 Å². The van der Waals surface area contributed by atoms with E-state index in [4.69, 9.17) is 17.3 Å². The molecule has 1 aromatic rings. The second-order valence-corrected chi connectivity index (χ2v) is 5.30. The molecule has 4 heteroatoms. The predicted octanol–water partition coefficient (Wildman–Crippen LogP) is 2.96. The summed E-state index contributed by atoms with van der Waals surface area (Å²) in [7, 11) is 1.85. The van der Waals surface area contributed by atoms with Crippen LogP contribution in [0.15, 0.2) is 12.1 Å². The Bertz CT molecular complexity index is 385. The van der Waals surface area contributed by atoms with Crippen molar-refractivity contribution in [2.75, 3.05) is 18.5 Å². The highest BCUT2D eigenvalue weighted by molar-refractivity contribution is 6.33. The number of likely N-dealkylation sites (N-methyl/N-ethyl adjacent to an activating group) is 1. The van der Waals surface area contributed by atoms with Gasteiger partial charge in [-0.15, -0.1) is 0 Å². The number of anilines is 1. The van der Waals surface area contributed by atoms with E-state index in [0.29, 0.717) is 22.8 Å². The quantitative estimate of drug-likeness (QED) is 0.886. The fourth-order valence-electron chi connectivity index (χ4n) is 1.62. The van der Waals surface area contributed by atoms with Crippen molar-refractivity contribution < 1.29 is 4.39 Å². The van der Waals surface area contributed by atoms with E-state index in [-0.39, 0.29) is 11.4 Å². The third-order valence-electron chi connectivity index (χ3n) is 2.28. The lowest BCUT2D eigenvalue weighted by Crippen LogP contribution is -2.44. The molecule has 0 amide bonds. The lowest BCUT2D eigenvalue weighted by atomic mass is 10.1. The van der Waals surface area contributed by atoms with Crippen molar-refractivity contribution in [3.05, 3.63) is 28.5 Å². The average Bonchev–Trinajstić information content (AvgIpc) is 2.08. The number of halogens is 2. The Morgan fingerprint density at radius 3 is 2.50 bits per heavy atom. The molecular weight excluding hydrogens is 227 g/mol. The number of nitrogens with zero attached hydrogens (tertiary/aromatic N) is 1. The van der Waals surface area contributed by atoms with Crippen molar-refractivity contribution in [1.82, 2.24) is 0 Å². The van der Waals surface area contributed by atoms with Gasteiger partial charge in [0.25, 0.3) is 0 Å². The molecule has 0 radical (unpaired) electrons. The summed E-state index contributed by atoms with van der Waals surface area (Å²) in [5.74, 6) is -0.249. The van der Waals surface area contributed by atoms with E-state index in [9.17, 15) is 4.39 Å². The monoisotopic (exact) mass is 244 g/mol. The lowest BCUT2D eigenvalue weighted by molar-refractivity contribution is 0.518. The molecular formula is C12H18ClFN2. The zero-order chi connectivity index (χ0) is 12.5. The predicted molar refractivity (Wildman–Crippen MR) is 67.7 cm³/mol. The van der Waals surface area contributed by atoms with E-state index in [1.54, 1.807) is 13.0 Å². The summed E-state index contributed by atoms with van der Waals surface area (Å²) in [4.78, 5) is 1.87. The minimum atomic E-state index is -0.348. The van der Waals surface area contributed by atoms with Crippen molar-refractivity contribution in [1.29, 1.82) is 0 Å². The topological polar surface area (TPSA) is 29.3 Å². The molecule has 0 aliphatic rings. The maximum atomic E-state index is 13.4. The normalized spacial score (nSPS) is 11.7. The number of hydrogen-bond donors (Lipinski definition) is 1. The van der Waals surface area contributed by atoms with Crippen LogP contribution in [-0.2, 0) is 0 Å². The third-order valence-corrected chi connectivity index (χ3v) is 2.59. The van der Waals surface area contributed by atoms with Gasteiger partial charge in [-0.25, -0.2) is 4.39 Å². The summed E-state index contributed by atoms with van der Waals surface area (Å²) in [6, 6.07) is 3.08. The molecule has 0 heterocycles. The van der Waals surface area contributed by atoms with E-state index in [1.807, 2.05) is 25.8 Å². The van der Waals surface area contributed by atoms with Crippen LogP contribution < -0.4 is 10.6 Å².